The van der Waals surface area contributed by atoms with Crippen LogP contribution in [0.25, 0.3) is 0 Å². The first-order valence-corrected chi connectivity index (χ1v) is 8.77. The number of halogens is 1. The monoisotopic (exact) mass is 320 g/mol. The highest BCUT2D eigenvalue weighted by Gasteiger charge is 2.44. The molecule has 0 amide bonds. The third kappa shape index (κ3) is 3.37. The molecule has 23 heavy (non-hydrogen) atoms. The lowest BCUT2D eigenvalue weighted by atomic mass is 10.2. The van der Waals surface area contributed by atoms with Gasteiger partial charge in [0.1, 0.15) is 5.82 Å². The Morgan fingerprint density at radius 1 is 1.04 bits per heavy atom. The lowest BCUT2D eigenvalue weighted by Crippen LogP contribution is -2.49. The second-order valence-electron chi connectivity index (χ2n) is 6.93. The van der Waals surface area contributed by atoms with Gasteiger partial charge in [-0.1, -0.05) is 0 Å². The summed E-state index contributed by atoms with van der Waals surface area (Å²) in [7, 11) is 0. The van der Waals surface area contributed by atoms with E-state index < -0.39 is 0 Å². The second-order valence-corrected chi connectivity index (χ2v) is 6.93. The summed E-state index contributed by atoms with van der Waals surface area (Å²) in [5.74, 6) is -0.424. The average Bonchev–Trinajstić information content (AvgIpc) is 3.19. The number of ether oxygens (including phenoxy) is 2. The highest BCUT2D eigenvalue weighted by Crippen LogP contribution is 2.39. The first-order valence-electron chi connectivity index (χ1n) is 8.77. The quantitative estimate of drug-likeness (QED) is 0.855. The molecule has 0 aromatic heterocycles. The lowest BCUT2D eigenvalue weighted by molar-refractivity contribution is -0.163. The van der Waals surface area contributed by atoms with Crippen molar-refractivity contribution in [2.75, 3.05) is 44.2 Å². The fourth-order valence-electron chi connectivity index (χ4n) is 4.01. The smallest absolute Gasteiger partial charge is 0.168 e. The van der Waals surface area contributed by atoms with E-state index in [1.807, 2.05) is 12.1 Å². The van der Waals surface area contributed by atoms with Gasteiger partial charge in [0.15, 0.2) is 5.79 Å². The summed E-state index contributed by atoms with van der Waals surface area (Å²) in [6, 6.07) is 6.80. The molecule has 0 radical (unpaired) electrons. The topological polar surface area (TPSA) is 24.9 Å². The van der Waals surface area contributed by atoms with Crippen LogP contribution in [0.1, 0.15) is 25.7 Å². The molecule has 2 saturated heterocycles. The molecular formula is C18H25FN2O2. The van der Waals surface area contributed by atoms with Gasteiger partial charge in [0.2, 0.25) is 0 Å². The summed E-state index contributed by atoms with van der Waals surface area (Å²) in [5.41, 5.74) is 1.11. The molecule has 1 saturated carbocycles. The Bertz CT molecular complexity index is 522. The fraction of sp³-hybridized carbons (Fsp3) is 0.667. The van der Waals surface area contributed by atoms with Crippen LogP contribution in [0.15, 0.2) is 24.3 Å². The molecule has 1 atom stereocenters. The molecule has 4 nitrogen and oxygen atoms in total. The molecule has 5 heteroatoms. The third-order valence-corrected chi connectivity index (χ3v) is 5.30. The summed E-state index contributed by atoms with van der Waals surface area (Å²) < 4.78 is 25.2. The SMILES string of the molecule is Fc1ccc(N2CCN(CC3COC4(CCCC4)O3)CC2)cc1. The number of piperazine rings is 1. The fourth-order valence-corrected chi connectivity index (χ4v) is 4.01. The minimum atomic E-state index is -0.249. The Morgan fingerprint density at radius 3 is 2.43 bits per heavy atom. The molecule has 1 aromatic rings. The van der Waals surface area contributed by atoms with Crippen molar-refractivity contribution in [3.05, 3.63) is 30.1 Å². The van der Waals surface area contributed by atoms with E-state index in [1.165, 1.54) is 25.0 Å². The van der Waals surface area contributed by atoms with Gasteiger partial charge in [0.05, 0.1) is 12.7 Å². The van der Waals surface area contributed by atoms with E-state index in [-0.39, 0.29) is 17.7 Å². The van der Waals surface area contributed by atoms with Gasteiger partial charge in [-0.05, 0) is 37.1 Å². The van der Waals surface area contributed by atoms with Gasteiger partial charge in [-0.15, -0.1) is 0 Å². The van der Waals surface area contributed by atoms with Crippen molar-refractivity contribution in [1.29, 1.82) is 0 Å². The molecular weight excluding hydrogens is 295 g/mol. The molecule has 3 aliphatic rings. The predicted octanol–water partition coefficient (Wildman–Crippen LogP) is 2.63. The van der Waals surface area contributed by atoms with Gasteiger partial charge >= 0.3 is 0 Å². The van der Waals surface area contributed by atoms with Crippen molar-refractivity contribution in [2.24, 2.45) is 0 Å². The molecule has 3 fully saturated rings. The molecule has 4 rings (SSSR count). The average molecular weight is 320 g/mol. The van der Waals surface area contributed by atoms with Crippen molar-refractivity contribution in [2.45, 2.75) is 37.6 Å². The first kappa shape index (κ1) is 15.4. The number of hydrogen-bond donors (Lipinski definition) is 0. The molecule has 1 unspecified atom stereocenters. The van der Waals surface area contributed by atoms with Gasteiger partial charge in [-0.3, -0.25) is 4.90 Å². The van der Waals surface area contributed by atoms with Crippen molar-refractivity contribution >= 4 is 5.69 Å². The Labute approximate surface area is 137 Å². The van der Waals surface area contributed by atoms with Crippen LogP contribution in [-0.2, 0) is 9.47 Å². The number of anilines is 1. The van der Waals surface area contributed by atoms with Crippen LogP contribution in [0, 0.1) is 5.82 Å². The van der Waals surface area contributed by atoms with Gasteiger partial charge in [0.25, 0.3) is 0 Å². The van der Waals surface area contributed by atoms with Gasteiger partial charge in [-0.25, -0.2) is 4.39 Å². The molecule has 2 aliphatic heterocycles. The Morgan fingerprint density at radius 2 is 1.74 bits per heavy atom. The van der Waals surface area contributed by atoms with E-state index in [4.69, 9.17) is 9.47 Å². The van der Waals surface area contributed by atoms with Gasteiger partial charge in [-0.2, -0.15) is 0 Å². The van der Waals surface area contributed by atoms with Gasteiger partial charge < -0.3 is 14.4 Å². The van der Waals surface area contributed by atoms with E-state index >= 15 is 0 Å². The maximum absolute atomic E-state index is 13.0. The molecule has 1 aliphatic carbocycles. The maximum atomic E-state index is 13.0. The first-order chi connectivity index (χ1) is 11.2. The van der Waals surface area contributed by atoms with Crippen LogP contribution in [0.5, 0.6) is 0 Å². The Hall–Kier alpha value is -1.17. The third-order valence-electron chi connectivity index (χ3n) is 5.30. The van der Waals surface area contributed by atoms with Crippen molar-refractivity contribution in [3.8, 4) is 0 Å². The molecule has 126 valence electrons. The van der Waals surface area contributed by atoms with Crippen molar-refractivity contribution < 1.29 is 13.9 Å². The predicted molar refractivity (Wildman–Crippen MR) is 87.1 cm³/mol. The highest BCUT2D eigenvalue weighted by molar-refractivity contribution is 5.46. The number of hydrogen-bond acceptors (Lipinski definition) is 4. The van der Waals surface area contributed by atoms with Crippen molar-refractivity contribution in [3.63, 3.8) is 0 Å². The summed E-state index contributed by atoms with van der Waals surface area (Å²) >= 11 is 0. The molecule has 0 N–H and O–H groups in total. The zero-order valence-corrected chi connectivity index (χ0v) is 13.5. The zero-order valence-electron chi connectivity index (χ0n) is 13.5. The van der Waals surface area contributed by atoms with E-state index in [1.54, 1.807) is 0 Å². The number of nitrogens with zero attached hydrogens (tertiary/aromatic N) is 2. The molecule has 0 bridgehead atoms. The largest absolute Gasteiger partial charge is 0.369 e. The summed E-state index contributed by atoms with van der Waals surface area (Å²) in [6.07, 6.45) is 4.78. The molecule has 1 spiro atoms. The van der Waals surface area contributed by atoms with Crippen LogP contribution in [0.2, 0.25) is 0 Å². The maximum Gasteiger partial charge on any atom is 0.168 e. The molecule has 1 aromatic carbocycles. The summed E-state index contributed by atoms with van der Waals surface area (Å²) in [5, 5.41) is 0. The van der Waals surface area contributed by atoms with Crippen LogP contribution >= 0.6 is 0 Å². The van der Waals surface area contributed by atoms with Crippen LogP contribution in [0.3, 0.4) is 0 Å². The van der Waals surface area contributed by atoms with Crippen LogP contribution in [-0.4, -0.2) is 56.1 Å². The van der Waals surface area contributed by atoms with Crippen LogP contribution < -0.4 is 4.90 Å². The zero-order chi connectivity index (χ0) is 15.7. The Kier molecular flexibility index (Phi) is 4.26. The van der Waals surface area contributed by atoms with E-state index in [0.717, 1.165) is 57.9 Å². The standard InChI is InChI=1S/C18H25FN2O2/c19-15-3-5-16(6-4-15)21-11-9-20(10-12-21)13-17-14-22-18(23-17)7-1-2-8-18/h3-6,17H,1-2,7-14H2. The Balaban J connectivity index is 1.26. The molecule has 2 heterocycles. The van der Waals surface area contributed by atoms with E-state index in [0.29, 0.717) is 0 Å². The van der Waals surface area contributed by atoms with E-state index in [9.17, 15) is 4.39 Å². The van der Waals surface area contributed by atoms with Crippen LogP contribution in [0.4, 0.5) is 10.1 Å². The minimum absolute atomic E-state index is 0.174. The highest BCUT2D eigenvalue weighted by atomic mass is 19.1. The number of rotatable bonds is 3. The van der Waals surface area contributed by atoms with E-state index in [2.05, 4.69) is 9.80 Å². The lowest BCUT2D eigenvalue weighted by Gasteiger charge is -2.37. The summed E-state index contributed by atoms with van der Waals surface area (Å²) in [4.78, 5) is 4.78. The minimum Gasteiger partial charge on any atom is -0.369 e. The van der Waals surface area contributed by atoms with Crippen molar-refractivity contribution in [1.82, 2.24) is 4.90 Å². The summed E-state index contributed by atoms with van der Waals surface area (Å²) in [6.45, 7) is 5.68. The number of benzene rings is 1. The second kappa shape index (κ2) is 6.38. The normalized spacial score (nSPS) is 27.9. The van der Waals surface area contributed by atoms with Gasteiger partial charge in [0, 0.05) is 51.3 Å².